The predicted octanol–water partition coefficient (Wildman–Crippen LogP) is 3.96. The predicted molar refractivity (Wildman–Crippen MR) is 73.4 cm³/mol. The van der Waals surface area contributed by atoms with E-state index in [2.05, 4.69) is 5.32 Å². The summed E-state index contributed by atoms with van der Waals surface area (Å²) in [7, 11) is 0. The van der Waals surface area contributed by atoms with Gasteiger partial charge in [0, 0.05) is 21.3 Å². The minimum atomic E-state index is -1.30. The van der Waals surface area contributed by atoms with Crippen molar-refractivity contribution in [3.8, 4) is 0 Å². The molecule has 2 rings (SSSR count). The standard InChI is InChI=1S/C13H7F3INO/c14-9-5-11(16)12(6-10(9)15)18-13(19)7-2-1-3-8(17)4-7/h1-6H,(H,18,19). The van der Waals surface area contributed by atoms with Crippen LogP contribution in [0, 0.1) is 21.0 Å². The third-order valence-electron chi connectivity index (χ3n) is 2.34. The van der Waals surface area contributed by atoms with Crippen molar-refractivity contribution >= 4 is 34.2 Å². The van der Waals surface area contributed by atoms with Crippen molar-refractivity contribution in [2.24, 2.45) is 0 Å². The number of nitrogens with one attached hydrogen (secondary N) is 1. The van der Waals surface area contributed by atoms with E-state index >= 15 is 0 Å². The van der Waals surface area contributed by atoms with Crippen LogP contribution in [0.3, 0.4) is 0 Å². The Bertz CT molecular complexity index is 646. The highest BCUT2D eigenvalue weighted by Gasteiger charge is 2.13. The molecule has 0 aromatic heterocycles. The summed E-state index contributed by atoms with van der Waals surface area (Å²) in [6.45, 7) is 0. The van der Waals surface area contributed by atoms with Gasteiger partial charge in [-0.3, -0.25) is 4.79 Å². The smallest absolute Gasteiger partial charge is 0.255 e. The van der Waals surface area contributed by atoms with Crippen LogP contribution in [0.1, 0.15) is 10.4 Å². The number of anilines is 1. The fourth-order valence-corrected chi connectivity index (χ4v) is 1.99. The lowest BCUT2D eigenvalue weighted by atomic mass is 10.2. The highest BCUT2D eigenvalue weighted by molar-refractivity contribution is 14.1. The summed E-state index contributed by atoms with van der Waals surface area (Å²) in [6.07, 6.45) is 0. The number of halogens is 4. The molecule has 2 aromatic rings. The molecular formula is C13H7F3INO. The molecule has 0 heterocycles. The third kappa shape index (κ3) is 3.25. The number of amides is 1. The second kappa shape index (κ2) is 5.60. The Morgan fingerprint density at radius 2 is 1.68 bits per heavy atom. The van der Waals surface area contributed by atoms with E-state index in [1.165, 1.54) is 6.07 Å². The molecule has 19 heavy (non-hydrogen) atoms. The normalized spacial score (nSPS) is 10.3. The van der Waals surface area contributed by atoms with Gasteiger partial charge in [-0.05, 0) is 40.8 Å². The van der Waals surface area contributed by atoms with Crippen LogP contribution in [0.25, 0.3) is 0 Å². The molecule has 0 spiro atoms. The Morgan fingerprint density at radius 3 is 2.37 bits per heavy atom. The maximum Gasteiger partial charge on any atom is 0.255 e. The first-order chi connectivity index (χ1) is 8.97. The van der Waals surface area contributed by atoms with Crippen LogP contribution in [0.4, 0.5) is 18.9 Å². The van der Waals surface area contributed by atoms with Gasteiger partial charge in [0.25, 0.3) is 5.91 Å². The zero-order valence-electron chi connectivity index (χ0n) is 9.38. The van der Waals surface area contributed by atoms with Gasteiger partial charge in [0.15, 0.2) is 11.6 Å². The molecule has 2 nitrogen and oxygen atoms in total. The van der Waals surface area contributed by atoms with Crippen LogP contribution >= 0.6 is 22.6 Å². The molecule has 6 heteroatoms. The Hall–Kier alpha value is -1.57. The Balaban J connectivity index is 2.27. The number of hydrogen-bond acceptors (Lipinski definition) is 1. The molecule has 0 fully saturated rings. The first-order valence-corrected chi connectivity index (χ1v) is 6.26. The summed E-state index contributed by atoms with van der Waals surface area (Å²) in [5.74, 6) is -4.15. The van der Waals surface area contributed by atoms with Crippen molar-refractivity contribution in [2.45, 2.75) is 0 Å². The zero-order valence-corrected chi connectivity index (χ0v) is 11.5. The quantitative estimate of drug-likeness (QED) is 0.623. The zero-order chi connectivity index (χ0) is 14.0. The third-order valence-corrected chi connectivity index (χ3v) is 3.02. The summed E-state index contributed by atoms with van der Waals surface area (Å²) in [5, 5.41) is 2.20. The molecule has 1 N–H and O–H groups in total. The number of carbonyl (C=O) groups excluding carboxylic acids is 1. The number of benzene rings is 2. The van der Waals surface area contributed by atoms with Crippen molar-refractivity contribution < 1.29 is 18.0 Å². The number of rotatable bonds is 2. The van der Waals surface area contributed by atoms with Crippen molar-refractivity contribution in [1.29, 1.82) is 0 Å². The lowest BCUT2D eigenvalue weighted by Gasteiger charge is -2.07. The van der Waals surface area contributed by atoms with Gasteiger partial charge in [-0.25, -0.2) is 13.2 Å². The molecule has 2 aromatic carbocycles. The van der Waals surface area contributed by atoms with Crippen molar-refractivity contribution in [3.63, 3.8) is 0 Å². The molecule has 98 valence electrons. The lowest BCUT2D eigenvalue weighted by Crippen LogP contribution is -2.13. The summed E-state index contributed by atoms with van der Waals surface area (Å²) in [6, 6.07) is 7.58. The van der Waals surface area contributed by atoms with Crippen molar-refractivity contribution in [2.75, 3.05) is 5.32 Å². The van der Waals surface area contributed by atoms with Crippen LogP contribution in [-0.2, 0) is 0 Å². The average molecular weight is 377 g/mol. The second-order valence-electron chi connectivity index (χ2n) is 3.71. The largest absolute Gasteiger partial charge is 0.319 e. The minimum absolute atomic E-state index is 0.302. The van der Waals surface area contributed by atoms with Gasteiger partial charge in [-0.1, -0.05) is 6.07 Å². The number of carbonyl (C=O) groups is 1. The molecule has 0 radical (unpaired) electrons. The van der Waals surface area contributed by atoms with Gasteiger partial charge in [-0.15, -0.1) is 0 Å². The molecule has 0 unspecified atom stereocenters. The molecular weight excluding hydrogens is 370 g/mol. The minimum Gasteiger partial charge on any atom is -0.319 e. The maximum absolute atomic E-state index is 13.4. The van der Waals surface area contributed by atoms with E-state index in [1.54, 1.807) is 18.2 Å². The van der Waals surface area contributed by atoms with E-state index < -0.39 is 29.0 Å². The highest BCUT2D eigenvalue weighted by Crippen LogP contribution is 2.19. The van der Waals surface area contributed by atoms with Gasteiger partial charge < -0.3 is 5.32 Å². The van der Waals surface area contributed by atoms with E-state index in [1.807, 2.05) is 22.6 Å². The molecule has 0 saturated heterocycles. The summed E-state index contributed by atoms with van der Waals surface area (Å²) >= 11 is 2.02. The molecule has 0 bridgehead atoms. The van der Waals surface area contributed by atoms with E-state index in [-0.39, 0.29) is 0 Å². The monoisotopic (exact) mass is 377 g/mol. The first kappa shape index (κ1) is 13.9. The molecule has 0 aliphatic heterocycles. The summed E-state index contributed by atoms with van der Waals surface area (Å²) in [5.41, 5.74) is -0.0983. The number of hydrogen-bond donors (Lipinski definition) is 1. The maximum atomic E-state index is 13.4. The Morgan fingerprint density at radius 1 is 1.00 bits per heavy atom. The molecule has 0 aliphatic rings. The molecule has 0 aliphatic carbocycles. The topological polar surface area (TPSA) is 29.1 Å². The summed E-state index contributed by atoms with van der Waals surface area (Å²) in [4.78, 5) is 11.8. The average Bonchev–Trinajstić information content (AvgIpc) is 2.36. The van der Waals surface area contributed by atoms with Gasteiger partial charge in [0.1, 0.15) is 5.82 Å². The Kier molecular flexibility index (Phi) is 4.08. The summed E-state index contributed by atoms with van der Waals surface area (Å²) < 4.78 is 39.9. The second-order valence-corrected chi connectivity index (χ2v) is 4.96. The van der Waals surface area contributed by atoms with Gasteiger partial charge in [0.2, 0.25) is 0 Å². The van der Waals surface area contributed by atoms with Crippen LogP contribution in [0.2, 0.25) is 0 Å². The lowest BCUT2D eigenvalue weighted by molar-refractivity contribution is 0.102. The van der Waals surface area contributed by atoms with Crippen LogP contribution in [0.5, 0.6) is 0 Å². The van der Waals surface area contributed by atoms with E-state index in [9.17, 15) is 18.0 Å². The highest BCUT2D eigenvalue weighted by atomic mass is 127. The fraction of sp³-hybridized carbons (Fsp3) is 0. The van der Waals surface area contributed by atoms with Crippen LogP contribution < -0.4 is 5.32 Å². The van der Waals surface area contributed by atoms with E-state index in [0.717, 1.165) is 3.57 Å². The SMILES string of the molecule is O=C(Nc1cc(F)c(F)cc1F)c1cccc(I)c1. The van der Waals surface area contributed by atoms with Crippen LogP contribution in [-0.4, -0.2) is 5.91 Å². The fourth-order valence-electron chi connectivity index (χ4n) is 1.44. The van der Waals surface area contributed by atoms with Gasteiger partial charge >= 0.3 is 0 Å². The molecule has 1 amide bonds. The van der Waals surface area contributed by atoms with Gasteiger partial charge in [0.05, 0.1) is 5.69 Å². The van der Waals surface area contributed by atoms with Crippen molar-refractivity contribution in [1.82, 2.24) is 0 Å². The first-order valence-electron chi connectivity index (χ1n) is 5.19. The van der Waals surface area contributed by atoms with E-state index in [4.69, 9.17) is 0 Å². The van der Waals surface area contributed by atoms with Crippen LogP contribution in [0.15, 0.2) is 36.4 Å². The van der Waals surface area contributed by atoms with Crippen molar-refractivity contribution in [3.05, 3.63) is 63.0 Å². The molecule has 0 atom stereocenters. The van der Waals surface area contributed by atoms with Gasteiger partial charge in [-0.2, -0.15) is 0 Å². The van der Waals surface area contributed by atoms with E-state index in [0.29, 0.717) is 17.7 Å². The Labute approximate surface area is 120 Å². The molecule has 0 saturated carbocycles.